The van der Waals surface area contributed by atoms with Crippen molar-refractivity contribution in [1.29, 1.82) is 0 Å². The fourth-order valence-corrected chi connectivity index (χ4v) is 1.08. The first-order valence-corrected chi connectivity index (χ1v) is 3.63. The van der Waals surface area contributed by atoms with Crippen molar-refractivity contribution in [3.63, 3.8) is 0 Å². The van der Waals surface area contributed by atoms with Crippen LogP contribution in [0.5, 0.6) is 5.75 Å². The summed E-state index contributed by atoms with van der Waals surface area (Å²) in [6.45, 7) is 1.79. The molecule has 0 fully saturated rings. The van der Waals surface area contributed by atoms with E-state index < -0.39 is 0 Å². The molecule has 1 nitrogen and oxygen atoms in total. The Bertz CT molecular complexity index is 273. The van der Waals surface area contributed by atoms with Crippen LogP contribution in [0.25, 0.3) is 0 Å². The molecule has 0 aliphatic carbocycles. The van der Waals surface area contributed by atoms with E-state index in [4.69, 9.17) is 4.74 Å². The quantitative estimate of drug-likeness (QED) is 0.640. The van der Waals surface area contributed by atoms with Gasteiger partial charge in [0.05, 0.1) is 7.11 Å². The van der Waals surface area contributed by atoms with E-state index in [2.05, 4.69) is 12.6 Å². The maximum atomic E-state index is 12.7. The lowest BCUT2D eigenvalue weighted by Gasteiger charge is -2.05. The number of methoxy groups -OCH3 is 1. The van der Waals surface area contributed by atoms with Gasteiger partial charge in [-0.1, -0.05) is 0 Å². The van der Waals surface area contributed by atoms with Crippen molar-refractivity contribution < 1.29 is 9.13 Å². The molecule has 0 aliphatic heterocycles. The number of rotatable bonds is 1. The molecule has 0 N–H and O–H groups in total. The summed E-state index contributed by atoms with van der Waals surface area (Å²) in [5.74, 6) is 0.183. The second-order valence-electron chi connectivity index (χ2n) is 2.27. The molecule has 1 aromatic carbocycles. The van der Waals surface area contributed by atoms with Gasteiger partial charge in [-0.2, -0.15) is 0 Å². The molecule has 0 saturated carbocycles. The van der Waals surface area contributed by atoms with Crippen LogP contribution in [0.1, 0.15) is 5.56 Å². The fourth-order valence-electron chi connectivity index (χ4n) is 0.860. The Morgan fingerprint density at radius 2 is 2.09 bits per heavy atom. The number of halogens is 1. The van der Waals surface area contributed by atoms with Gasteiger partial charge in [0.1, 0.15) is 11.6 Å². The Balaban J connectivity index is 3.24. The van der Waals surface area contributed by atoms with Gasteiger partial charge in [-0.25, -0.2) is 4.39 Å². The van der Waals surface area contributed by atoms with E-state index in [0.29, 0.717) is 10.6 Å². The molecule has 0 saturated heterocycles. The van der Waals surface area contributed by atoms with Gasteiger partial charge in [0.2, 0.25) is 0 Å². The predicted molar refractivity (Wildman–Crippen MR) is 44.9 cm³/mol. The van der Waals surface area contributed by atoms with Crippen molar-refractivity contribution in [2.24, 2.45) is 0 Å². The molecule has 0 radical (unpaired) electrons. The minimum Gasteiger partial charge on any atom is -0.495 e. The molecule has 0 unspecified atom stereocenters. The van der Waals surface area contributed by atoms with Crippen LogP contribution in [0.4, 0.5) is 4.39 Å². The van der Waals surface area contributed by atoms with Crippen molar-refractivity contribution in [3.05, 3.63) is 23.5 Å². The number of aryl methyl sites for hydroxylation is 1. The number of thiol groups is 1. The van der Waals surface area contributed by atoms with Crippen LogP contribution in [0.2, 0.25) is 0 Å². The largest absolute Gasteiger partial charge is 0.495 e. The van der Waals surface area contributed by atoms with Crippen LogP contribution in [0, 0.1) is 12.7 Å². The van der Waals surface area contributed by atoms with Crippen molar-refractivity contribution >= 4 is 12.6 Å². The van der Waals surface area contributed by atoms with Crippen LogP contribution in [0.15, 0.2) is 17.0 Å². The Labute approximate surface area is 70.6 Å². The zero-order chi connectivity index (χ0) is 8.43. The zero-order valence-electron chi connectivity index (χ0n) is 6.39. The SMILES string of the molecule is COc1cc(F)cc(C)c1S. The fraction of sp³-hybridized carbons (Fsp3) is 0.250. The molecule has 1 rings (SSSR count). The van der Waals surface area contributed by atoms with E-state index in [1.54, 1.807) is 6.92 Å². The summed E-state index contributed by atoms with van der Waals surface area (Å²) in [7, 11) is 1.49. The summed E-state index contributed by atoms with van der Waals surface area (Å²) in [4.78, 5) is 0.689. The number of hydrogen-bond donors (Lipinski definition) is 1. The lowest BCUT2D eigenvalue weighted by Crippen LogP contribution is -1.88. The minimum absolute atomic E-state index is 0.294. The molecule has 3 heteroatoms. The number of benzene rings is 1. The average molecular weight is 172 g/mol. The van der Waals surface area contributed by atoms with Gasteiger partial charge in [-0.05, 0) is 18.6 Å². The van der Waals surface area contributed by atoms with Crippen LogP contribution >= 0.6 is 12.6 Å². The Hall–Kier alpha value is -0.700. The van der Waals surface area contributed by atoms with Crippen molar-refractivity contribution in [2.75, 3.05) is 7.11 Å². The van der Waals surface area contributed by atoms with Gasteiger partial charge in [-0.15, -0.1) is 12.6 Å². The maximum absolute atomic E-state index is 12.7. The second-order valence-corrected chi connectivity index (χ2v) is 2.72. The molecular formula is C8H9FOS. The van der Waals surface area contributed by atoms with E-state index >= 15 is 0 Å². The van der Waals surface area contributed by atoms with E-state index in [1.165, 1.54) is 19.2 Å². The van der Waals surface area contributed by atoms with E-state index in [0.717, 1.165) is 5.56 Å². The predicted octanol–water partition coefficient (Wildman–Crippen LogP) is 2.43. The molecule has 0 spiro atoms. The zero-order valence-corrected chi connectivity index (χ0v) is 7.28. The van der Waals surface area contributed by atoms with E-state index in [1.807, 2.05) is 0 Å². The van der Waals surface area contributed by atoms with Gasteiger partial charge >= 0.3 is 0 Å². The summed E-state index contributed by atoms with van der Waals surface area (Å²) >= 11 is 4.15. The van der Waals surface area contributed by atoms with E-state index in [9.17, 15) is 4.39 Å². The normalized spacial score (nSPS) is 9.82. The Morgan fingerprint density at radius 1 is 1.45 bits per heavy atom. The van der Waals surface area contributed by atoms with Crippen LogP contribution in [-0.2, 0) is 0 Å². The summed E-state index contributed by atoms with van der Waals surface area (Å²) in [5, 5.41) is 0. The highest BCUT2D eigenvalue weighted by Crippen LogP contribution is 2.26. The number of ether oxygens (including phenoxy) is 1. The molecule has 0 bridgehead atoms. The summed E-state index contributed by atoms with van der Waals surface area (Å²) in [6, 6.07) is 2.74. The highest BCUT2D eigenvalue weighted by molar-refractivity contribution is 7.80. The monoisotopic (exact) mass is 172 g/mol. The second kappa shape index (κ2) is 3.13. The molecule has 0 atom stereocenters. The van der Waals surface area contributed by atoms with Crippen molar-refractivity contribution in [1.82, 2.24) is 0 Å². The van der Waals surface area contributed by atoms with Crippen LogP contribution in [-0.4, -0.2) is 7.11 Å². The lowest BCUT2D eigenvalue weighted by atomic mass is 10.2. The van der Waals surface area contributed by atoms with Crippen molar-refractivity contribution in [3.8, 4) is 5.75 Å². The van der Waals surface area contributed by atoms with Gasteiger partial charge in [-0.3, -0.25) is 0 Å². The summed E-state index contributed by atoms with van der Waals surface area (Å²) in [6.07, 6.45) is 0. The topological polar surface area (TPSA) is 9.23 Å². The highest BCUT2D eigenvalue weighted by atomic mass is 32.1. The summed E-state index contributed by atoms with van der Waals surface area (Å²) in [5.41, 5.74) is 0.783. The molecule has 0 amide bonds. The summed E-state index contributed by atoms with van der Waals surface area (Å²) < 4.78 is 17.6. The molecular weight excluding hydrogens is 163 g/mol. The first-order valence-electron chi connectivity index (χ1n) is 3.18. The first kappa shape index (κ1) is 8.40. The lowest BCUT2D eigenvalue weighted by molar-refractivity contribution is 0.400. The van der Waals surface area contributed by atoms with Gasteiger partial charge < -0.3 is 4.74 Å². The average Bonchev–Trinajstić information content (AvgIpc) is 1.96. The standard InChI is InChI=1S/C8H9FOS/c1-5-3-6(9)4-7(10-2)8(5)11/h3-4,11H,1-2H3. The Morgan fingerprint density at radius 3 is 2.64 bits per heavy atom. The maximum Gasteiger partial charge on any atom is 0.135 e. The first-order chi connectivity index (χ1) is 5.15. The van der Waals surface area contributed by atoms with Crippen molar-refractivity contribution in [2.45, 2.75) is 11.8 Å². The molecule has 0 heterocycles. The molecule has 60 valence electrons. The smallest absolute Gasteiger partial charge is 0.135 e. The molecule has 0 aromatic heterocycles. The molecule has 11 heavy (non-hydrogen) atoms. The van der Waals surface area contributed by atoms with Gasteiger partial charge in [0.25, 0.3) is 0 Å². The third-order valence-electron chi connectivity index (χ3n) is 1.45. The highest BCUT2D eigenvalue weighted by Gasteiger charge is 2.03. The minimum atomic E-state index is -0.294. The van der Waals surface area contributed by atoms with Crippen LogP contribution in [0.3, 0.4) is 0 Å². The van der Waals surface area contributed by atoms with E-state index in [-0.39, 0.29) is 5.82 Å². The van der Waals surface area contributed by atoms with Gasteiger partial charge in [0.15, 0.2) is 0 Å². The third-order valence-corrected chi connectivity index (χ3v) is 2.02. The third kappa shape index (κ3) is 1.66. The van der Waals surface area contributed by atoms with Crippen LogP contribution < -0.4 is 4.74 Å². The molecule has 1 aromatic rings. The molecule has 0 aliphatic rings. The number of hydrogen-bond acceptors (Lipinski definition) is 2. The van der Waals surface area contributed by atoms with Gasteiger partial charge in [0, 0.05) is 11.0 Å². The Kier molecular flexibility index (Phi) is 2.39.